The van der Waals surface area contributed by atoms with Crippen LogP contribution in [0.15, 0.2) is 29.6 Å². The Balaban J connectivity index is 1.59. The molecule has 1 saturated heterocycles. The molecule has 3 heterocycles. The Bertz CT molecular complexity index is 1040. The maximum Gasteiger partial charge on any atom is 0.263 e. The molecule has 0 spiro atoms. The molecular formula is C21H23N3O2S2. The summed E-state index contributed by atoms with van der Waals surface area (Å²) < 4.78 is 1.13. The normalized spacial score (nSPS) is 16.7. The van der Waals surface area contributed by atoms with Crippen LogP contribution in [0, 0.1) is 6.92 Å². The van der Waals surface area contributed by atoms with Crippen molar-refractivity contribution in [1.29, 1.82) is 0 Å². The molecule has 0 N–H and O–H groups in total. The van der Waals surface area contributed by atoms with Crippen LogP contribution >= 0.6 is 22.7 Å². The first-order valence-electron chi connectivity index (χ1n) is 9.36. The fourth-order valence-corrected chi connectivity index (χ4v) is 5.73. The number of hydrogen-bond acceptors (Lipinski definition) is 5. The van der Waals surface area contributed by atoms with Gasteiger partial charge in [0, 0.05) is 43.2 Å². The van der Waals surface area contributed by atoms with Crippen molar-refractivity contribution in [3.63, 3.8) is 0 Å². The predicted molar refractivity (Wildman–Crippen MR) is 114 cm³/mol. The molecule has 1 fully saturated rings. The highest BCUT2D eigenvalue weighted by molar-refractivity contribution is 7.21. The van der Waals surface area contributed by atoms with Crippen molar-refractivity contribution in [1.82, 2.24) is 14.8 Å². The fraction of sp³-hybridized carbons (Fsp3) is 0.381. The van der Waals surface area contributed by atoms with Gasteiger partial charge in [0.1, 0.15) is 0 Å². The summed E-state index contributed by atoms with van der Waals surface area (Å²) in [5, 5.41) is 4.09. The minimum atomic E-state index is 0.0407. The molecule has 0 radical (unpaired) electrons. The number of hydrogen-bond donors (Lipinski definition) is 0. The summed E-state index contributed by atoms with van der Waals surface area (Å²) >= 11 is 3.13. The van der Waals surface area contributed by atoms with Gasteiger partial charge in [-0.2, -0.15) is 0 Å². The van der Waals surface area contributed by atoms with Crippen molar-refractivity contribution in [2.45, 2.75) is 25.7 Å². The van der Waals surface area contributed by atoms with E-state index in [2.05, 4.69) is 17.1 Å². The number of carbonyl (C=O) groups is 2. The Kier molecular flexibility index (Phi) is 5.21. The van der Waals surface area contributed by atoms with Gasteiger partial charge in [0.15, 0.2) is 0 Å². The molecule has 1 atom stereocenters. The lowest BCUT2D eigenvalue weighted by molar-refractivity contribution is -0.129. The van der Waals surface area contributed by atoms with Gasteiger partial charge in [-0.1, -0.05) is 18.2 Å². The number of fused-ring (bicyclic) bond motifs is 1. The van der Waals surface area contributed by atoms with E-state index >= 15 is 0 Å². The van der Waals surface area contributed by atoms with Crippen LogP contribution in [-0.2, 0) is 11.2 Å². The van der Waals surface area contributed by atoms with Gasteiger partial charge in [-0.15, -0.1) is 22.7 Å². The molecule has 28 heavy (non-hydrogen) atoms. The number of aromatic nitrogens is 1. The van der Waals surface area contributed by atoms with Crippen LogP contribution in [0.2, 0.25) is 0 Å². The second kappa shape index (κ2) is 7.64. The first-order chi connectivity index (χ1) is 13.4. The van der Waals surface area contributed by atoms with Crippen LogP contribution in [0.1, 0.15) is 38.3 Å². The number of rotatable bonds is 4. The van der Waals surface area contributed by atoms with E-state index in [1.807, 2.05) is 29.3 Å². The summed E-state index contributed by atoms with van der Waals surface area (Å²) in [6, 6.07) is 8.19. The first-order valence-corrected chi connectivity index (χ1v) is 11.1. The Labute approximate surface area is 172 Å². The van der Waals surface area contributed by atoms with E-state index in [1.165, 1.54) is 0 Å². The lowest BCUT2D eigenvalue weighted by atomic mass is 9.95. The van der Waals surface area contributed by atoms with Crippen LogP contribution in [0.3, 0.4) is 0 Å². The third-order valence-electron chi connectivity index (χ3n) is 5.18. The minimum absolute atomic E-state index is 0.0407. The number of likely N-dealkylation sites (tertiary alicyclic amines) is 1. The summed E-state index contributed by atoms with van der Waals surface area (Å²) in [5.41, 5.74) is 1.96. The average Bonchev–Trinajstić information content (AvgIpc) is 3.38. The van der Waals surface area contributed by atoms with Gasteiger partial charge < -0.3 is 9.80 Å². The first kappa shape index (κ1) is 19.1. The van der Waals surface area contributed by atoms with Gasteiger partial charge in [-0.3, -0.25) is 9.59 Å². The molecule has 0 unspecified atom stereocenters. The van der Waals surface area contributed by atoms with Crippen molar-refractivity contribution < 1.29 is 9.59 Å². The minimum Gasteiger partial charge on any atom is -0.344 e. The zero-order valence-corrected chi connectivity index (χ0v) is 17.9. The Hall–Kier alpha value is -2.25. The number of benzene rings is 1. The molecule has 0 bridgehead atoms. The van der Waals surface area contributed by atoms with Crippen LogP contribution in [0.25, 0.3) is 10.1 Å². The quantitative estimate of drug-likeness (QED) is 0.651. The van der Waals surface area contributed by atoms with Crippen molar-refractivity contribution >= 4 is 44.6 Å². The highest BCUT2D eigenvalue weighted by Gasteiger charge is 2.33. The highest BCUT2D eigenvalue weighted by Crippen LogP contribution is 2.40. The van der Waals surface area contributed by atoms with Crippen LogP contribution in [0.5, 0.6) is 0 Å². The largest absolute Gasteiger partial charge is 0.344 e. The number of nitrogens with zero attached hydrogens (tertiary/aromatic N) is 3. The second-order valence-electron chi connectivity index (χ2n) is 7.40. The van der Waals surface area contributed by atoms with Gasteiger partial charge in [0.2, 0.25) is 5.91 Å². The van der Waals surface area contributed by atoms with Crippen molar-refractivity contribution in [3.05, 3.63) is 50.8 Å². The summed E-state index contributed by atoms with van der Waals surface area (Å²) in [6.07, 6.45) is 1.24. The lowest BCUT2D eigenvalue weighted by Crippen LogP contribution is -2.30. The predicted octanol–water partition coefficient (Wildman–Crippen LogP) is 3.93. The molecule has 0 saturated carbocycles. The van der Waals surface area contributed by atoms with Gasteiger partial charge in [0.05, 0.1) is 22.0 Å². The van der Waals surface area contributed by atoms with E-state index in [0.29, 0.717) is 13.0 Å². The second-order valence-corrected chi connectivity index (χ2v) is 9.52. The number of amides is 2. The number of thiazole rings is 1. The van der Waals surface area contributed by atoms with Crippen molar-refractivity contribution in [3.8, 4) is 0 Å². The van der Waals surface area contributed by atoms with E-state index in [1.54, 1.807) is 41.7 Å². The SMILES string of the molecule is Cc1nc(CC(=O)N2CC[C@H](c3c(C(=O)N(C)C)sc4ccccc34)C2)cs1. The zero-order valence-electron chi connectivity index (χ0n) is 16.3. The van der Waals surface area contributed by atoms with Crippen molar-refractivity contribution in [2.24, 2.45) is 0 Å². The molecule has 5 nitrogen and oxygen atoms in total. The topological polar surface area (TPSA) is 53.5 Å². The van der Waals surface area contributed by atoms with E-state index in [9.17, 15) is 9.59 Å². The smallest absolute Gasteiger partial charge is 0.263 e. The fourth-order valence-electron chi connectivity index (χ4n) is 3.81. The average molecular weight is 414 g/mol. The molecule has 2 amide bonds. The lowest BCUT2D eigenvalue weighted by Gasteiger charge is -2.17. The van der Waals surface area contributed by atoms with E-state index in [4.69, 9.17) is 0 Å². The van der Waals surface area contributed by atoms with Crippen LogP contribution < -0.4 is 0 Å². The number of thiophene rings is 1. The van der Waals surface area contributed by atoms with Crippen molar-refractivity contribution in [2.75, 3.05) is 27.2 Å². The Morgan fingerprint density at radius 2 is 2.07 bits per heavy atom. The van der Waals surface area contributed by atoms with Gasteiger partial charge in [-0.25, -0.2) is 4.98 Å². The zero-order chi connectivity index (χ0) is 19.8. The summed E-state index contributed by atoms with van der Waals surface area (Å²) in [5.74, 6) is 0.350. The molecule has 3 aromatic rings. The van der Waals surface area contributed by atoms with Gasteiger partial charge in [0.25, 0.3) is 5.91 Å². The summed E-state index contributed by atoms with van der Waals surface area (Å²) in [4.78, 5) is 34.3. The van der Waals surface area contributed by atoms with Crippen LogP contribution in [0.4, 0.5) is 0 Å². The summed E-state index contributed by atoms with van der Waals surface area (Å²) in [7, 11) is 3.58. The molecule has 2 aromatic heterocycles. The third kappa shape index (κ3) is 3.56. The highest BCUT2D eigenvalue weighted by atomic mass is 32.1. The number of carbonyl (C=O) groups excluding carboxylic acids is 2. The van der Waals surface area contributed by atoms with E-state index < -0.39 is 0 Å². The molecule has 4 rings (SSSR count). The molecular weight excluding hydrogens is 390 g/mol. The standard InChI is InChI=1S/C21H23N3O2S2/c1-13-22-15(12-27-13)10-18(25)24-9-8-14(11-24)19-16-6-4-5-7-17(16)28-20(19)21(26)23(2)3/h4-7,12,14H,8-11H2,1-3H3/t14-/m0/s1. The van der Waals surface area contributed by atoms with Gasteiger partial charge >= 0.3 is 0 Å². The molecule has 0 aliphatic carbocycles. The maximum absolute atomic E-state index is 12.8. The monoisotopic (exact) mass is 413 g/mol. The number of aryl methyl sites for hydroxylation is 1. The maximum atomic E-state index is 12.8. The Morgan fingerprint density at radius 1 is 1.29 bits per heavy atom. The summed E-state index contributed by atoms with van der Waals surface area (Å²) in [6.45, 7) is 3.35. The van der Waals surface area contributed by atoms with Crippen LogP contribution in [-0.4, -0.2) is 53.8 Å². The van der Waals surface area contributed by atoms with Gasteiger partial charge in [-0.05, 0) is 30.4 Å². The molecule has 146 valence electrons. The molecule has 1 aliphatic rings. The molecule has 1 aromatic carbocycles. The Morgan fingerprint density at radius 3 is 2.79 bits per heavy atom. The van der Waals surface area contributed by atoms with E-state index in [0.717, 1.165) is 44.2 Å². The van der Waals surface area contributed by atoms with E-state index in [-0.39, 0.29) is 17.7 Å². The third-order valence-corrected chi connectivity index (χ3v) is 7.18. The molecule has 1 aliphatic heterocycles. The molecule has 7 heteroatoms.